The van der Waals surface area contributed by atoms with Gasteiger partial charge in [-0.05, 0) is 92.4 Å². The van der Waals surface area contributed by atoms with Crippen molar-refractivity contribution in [2.75, 3.05) is 5.75 Å². The van der Waals surface area contributed by atoms with Gasteiger partial charge in [-0.2, -0.15) is 21.6 Å². The summed E-state index contributed by atoms with van der Waals surface area (Å²) < 4.78 is 94.0. The number of nitrogens with zero attached hydrogens (tertiary/aromatic N) is 1. The Kier molecular flexibility index (Phi) is 10.0. The van der Waals surface area contributed by atoms with Crippen LogP contribution in [0.1, 0.15) is 27.1 Å². The molecule has 7 atom stereocenters. The fourth-order valence-corrected chi connectivity index (χ4v) is 9.01. The van der Waals surface area contributed by atoms with Crippen molar-refractivity contribution in [1.29, 1.82) is 0 Å². The first-order valence-corrected chi connectivity index (χ1v) is 17.9. The summed E-state index contributed by atoms with van der Waals surface area (Å²) in [4.78, 5) is 62.7. The number of fused-ring (bicyclic) bond motifs is 1. The van der Waals surface area contributed by atoms with Gasteiger partial charge in [-0.1, -0.05) is 0 Å². The van der Waals surface area contributed by atoms with E-state index in [1.54, 1.807) is 6.07 Å². The molecule has 7 unspecified atom stereocenters. The number of nitro benzene ring substituents is 1. The third-order valence-electron chi connectivity index (χ3n) is 7.85. The van der Waals surface area contributed by atoms with E-state index < -0.39 is 104 Å². The number of hydrogen-bond acceptors (Lipinski definition) is 12. The van der Waals surface area contributed by atoms with E-state index in [-0.39, 0.29) is 17.5 Å². The zero-order chi connectivity index (χ0) is 34.7. The molecule has 2 saturated carbocycles. The predicted octanol–water partition coefficient (Wildman–Crippen LogP) is 4.32. The lowest BCUT2D eigenvalue weighted by Crippen LogP contribution is -2.46. The minimum Gasteiger partial charge on any atom is -0.458 e. The number of carbonyl (C=O) groups is 4. The Bertz CT molecular complexity index is 1820. The second-order valence-corrected chi connectivity index (χ2v) is 15.7. The fraction of sp³-hybridized carbons (Fsp3) is 0.385. The number of ether oxygens (including phenoxy) is 4. The van der Waals surface area contributed by atoms with Crippen molar-refractivity contribution in [3.8, 4) is 5.75 Å². The first kappa shape index (κ1) is 35.9. The maximum absolute atomic E-state index is 13.4. The minimum atomic E-state index is -5.39. The van der Waals surface area contributed by atoms with Crippen molar-refractivity contribution in [1.82, 2.24) is 0 Å². The number of alkyl halides is 3. The third kappa shape index (κ3) is 7.31. The van der Waals surface area contributed by atoms with Gasteiger partial charge < -0.3 is 18.9 Å². The largest absolute Gasteiger partial charge is 0.458 e. The van der Waals surface area contributed by atoms with E-state index in [1.165, 1.54) is 6.07 Å². The van der Waals surface area contributed by atoms with Gasteiger partial charge >= 0.3 is 35.7 Å². The summed E-state index contributed by atoms with van der Waals surface area (Å²) >= 11 is 5.87. The van der Waals surface area contributed by atoms with Crippen LogP contribution in [0.5, 0.6) is 5.75 Å². The SMILES string of the molecule is O=C(OC1C2CC3C1OC(=O)C3C2C(=O)OC(CS(=O)(=O)O)C(F)(F)F)c1ccc([N+](=O)[O-])c(OC(=O)c2cc(I)cc(I)c2I)c1. The average Bonchev–Trinajstić information content (AvgIpc) is 3.57. The molecule has 0 radical (unpaired) electrons. The zero-order valence-electron chi connectivity index (χ0n) is 22.8. The molecular weight excluding hydrogens is 1000 g/mol. The van der Waals surface area contributed by atoms with Gasteiger partial charge in [0.1, 0.15) is 18.0 Å². The summed E-state index contributed by atoms with van der Waals surface area (Å²) in [6, 6.07) is 6.07. The van der Waals surface area contributed by atoms with Crippen molar-refractivity contribution in [2.24, 2.45) is 23.7 Å². The smallest absolute Gasteiger partial charge is 0.426 e. The van der Waals surface area contributed by atoms with Gasteiger partial charge in [0.2, 0.25) is 11.9 Å². The molecule has 2 aromatic rings. The lowest BCUT2D eigenvalue weighted by atomic mass is 9.78. The highest BCUT2D eigenvalue weighted by Gasteiger charge is 2.70. The molecule has 5 rings (SSSR count). The molecule has 1 heterocycles. The highest BCUT2D eigenvalue weighted by molar-refractivity contribution is 14.1. The Morgan fingerprint density at radius 2 is 1.79 bits per heavy atom. The molecule has 3 fully saturated rings. The molecule has 2 bridgehead atoms. The molecule has 1 aliphatic heterocycles. The first-order chi connectivity index (χ1) is 21.8. The molecule has 14 nitrogen and oxygen atoms in total. The fourth-order valence-electron chi connectivity index (χ4n) is 6.00. The van der Waals surface area contributed by atoms with Crippen LogP contribution in [0.25, 0.3) is 0 Å². The second-order valence-electron chi connectivity index (χ2n) is 10.7. The number of hydrogen-bond donors (Lipinski definition) is 1. The molecular formula is C26H17F3I3NO13S. The number of benzene rings is 2. The molecule has 47 heavy (non-hydrogen) atoms. The van der Waals surface area contributed by atoms with E-state index in [4.69, 9.17) is 18.8 Å². The topological polar surface area (TPSA) is 203 Å². The molecule has 2 aliphatic carbocycles. The van der Waals surface area contributed by atoms with Gasteiger partial charge in [-0.3, -0.25) is 24.3 Å². The average molecular weight is 1020 g/mol. The van der Waals surface area contributed by atoms with Crippen molar-refractivity contribution in [2.45, 2.75) is 30.9 Å². The lowest BCUT2D eigenvalue weighted by molar-refractivity contribution is -0.385. The van der Waals surface area contributed by atoms with Gasteiger partial charge in [0.05, 0.1) is 27.9 Å². The van der Waals surface area contributed by atoms with Crippen LogP contribution < -0.4 is 4.74 Å². The standard InChI is InChI=1S/C26H17F3I3NO13S/c27-26(28,29)16(7-47(40,41)42)44-24(36)17-10-6-11-18(17)25(37)46-21(11)20(10)45-22(34)8-1-2-14(33(38)39)15(3-8)43-23(35)12-4-9(30)5-13(31)19(12)32/h1-5,10-11,16-18,20-21H,6-7H2,(H,40,41,42). The van der Waals surface area contributed by atoms with Gasteiger partial charge in [-0.15, -0.1) is 0 Å². The van der Waals surface area contributed by atoms with Gasteiger partial charge in [0, 0.05) is 34.7 Å². The Morgan fingerprint density at radius 3 is 2.40 bits per heavy atom. The summed E-state index contributed by atoms with van der Waals surface area (Å²) in [5.74, 6) is -11.9. The molecule has 0 spiro atoms. The highest BCUT2D eigenvalue weighted by atomic mass is 127. The van der Waals surface area contributed by atoms with Gasteiger partial charge in [-0.25, -0.2) is 9.59 Å². The zero-order valence-corrected chi connectivity index (χ0v) is 30.1. The molecule has 0 aromatic heterocycles. The second kappa shape index (κ2) is 13.1. The van der Waals surface area contributed by atoms with Gasteiger partial charge in [0.25, 0.3) is 10.1 Å². The molecule has 1 N–H and O–H groups in total. The number of halogens is 6. The van der Waals surface area contributed by atoms with E-state index >= 15 is 0 Å². The van der Waals surface area contributed by atoms with Crippen molar-refractivity contribution >= 4 is 107 Å². The summed E-state index contributed by atoms with van der Waals surface area (Å²) in [7, 11) is -5.24. The van der Waals surface area contributed by atoms with Crippen LogP contribution in [0.2, 0.25) is 0 Å². The number of nitro groups is 1. The van der Waals surface area contributed by atoms with E-state index in [0.29, 0.717) is 10.7 Å². The highest BCUT2D eigenvalue weighted by Crippen LogP contribution is 2.59. The monoisotopic (exact) mass is 1020 g/mol. The maximum Gasteiger partial charge on any atom is 0.426 e. The molecule has 1 saturated heterocycles. The van der Waals surface area contributed by atoms with E-state index in [9.17, 15) is 50.9 Å². The molecule has 252 valence electrons. The van der Waals surface area contributed by atoms with Crippen LogP contribution in [-0.4, -0.2) is 72.0 Å². The predicted molar refractivity (Wildman–Crippen MR) is 173 cm³/mol. The maximum atomic E-state index is 13.4. The van der Waals surface area contributed by atoms with Crippen LogP contribution in [-0.2, 0) is 33.9 Å². The summed E-state index contributed by atoms with van der Waals surface area (Å²) in [5, 5.41) is 11.7. The lowest BCUT2D eigenvalue weighted by Gasteiger charge is -2.31. The normalized spacial score (nSPS) is 25.2. The number of esters is 4. The molecule has 21 heteroatoms. The van der Waals surface area contributed by atoms with Crippen LogP contribution in [0, 0.1) is 44.5 Å². The molecule has 0 amide bonds. The minimum absolute atomic E-state index is 0.00417. The number of rotatable bonds is 9. The Morgan fingerprint density at radius 1 is 1.11 bits per heavy atom. The Labute approximate surface area is 302 Å². The van der Waals surface area contributed by atoms with Gasteiger partial charge in [0.15, 0.2) is 0 Å². The van der Waals surface area contributed by atoms with Crippen LogP contribution in [0.15, 0.2) is 30.3 Å². The number of carbonyl (C=O) groups excluding carboxylic acids is 4. The van der Waals surface area contributed by atoms with E-state index in [0.717, 1.165) is 18.2 Å². The van der Waals surface area contributed by atoms with Crippen LogP contribution in [0.3, 0.4) is 0 Å². The quantitative estimate of drug-likeness (QED) is 0.0545. The molecule has 2 aromatic carbocycles. The van der Waals surface area contributed by atoms with Crippen molar-refractivity contribution < 1.29 is 69.2 Å². The first-order valence-electron chi connectivity index (χ1n) is 13.1. The Balaban J connectivity index is 1.38. The summed E-state index contributed by atoms with van der Waals surface area (Å²) in [6.07, 6.45) is -11.1. The summed E-state index contributed by atoms with van der Waals surface area (Å²) in [6.45, 7) is 0. The van der Waals surface area contributed by atoms with E-state index in [1.807, 2.05) is 67.8 Å². The van der Waals surface area contributed by atoms with Crippen LogP contribution in [0.4, 0.5) is 18.9 Å². The third-order valence-corrected chi connectivity index (χ3v) is 12.2. The van der Waals surface area contributed by atoms with Crippen molar-refractivity contribution in [3.63, 3.8) is 0 Å². The molecule has 3 aliphatic rings. The van der Waals surface area contributed by atoms with Crippen molar-refractivity contribution in [3.05, 3.63) is 62.3 Å². The van der Waals surface area contributed by atoms with E-state index in [2.05, 4.69) is 4.74 Å². The Hall–Kier alpha value is -2.39. The van der Waals surface area contributed by atoms with Crippen LogP contribution >= 0.6 is 67.8 Å². The summed E-state index contributed by atoms with van der Waals surface area (Å²) in [5.41, 5.74) is -0.908.